The number of ether oxygens (including phenoxy) is 2. The Bertz CT molecular complexity index is 1050. The predicted octanol–water partition coefficient (Wildman–Crippen LogP) is 4.32. The minimum Gasteiger partial charge on any atom is -0.463 e. The van der Waals surface area contributed by atoms with E-state index in [0.29, 0.717) is 17.5 Å². The minimum atomic E-state index is -0.693. The van der Waals surface area contributed by atoms with E-state index in [9.17, 15) is 14.4 Å². The van der Waals surface area contributed by atoms with Crippen molar-refractivity contribution in [3.63, 3.8) is 0 Å². The number of nitrogens with one attached hydrogen (secondary N) is 1. The van der Waals surface area contributed by atoms with Crippen LogP contribution >= 0.6 is 0 Å². The first-order valence-electron chi connectivity index (χ1n) is 10.9. The Hall–Kier alpha value is -3.67. The molecule has 172 valence electrons. The molecule has 0 saturated carbocycles. The van der Waals surface area contributed by atoms with Crippen LogP contribution in [0.2, 0.25) is 0 Å². The number of amides is 1. The summed E-state index contributed by atoms with van der Waals surface area (Å²) in [5.74, 6) is -1.59. The van der Waals surface area contributed by atoms with Crippen LogP contribution in [0.5, 0.6) is 0 Å². The summed E-state index contributed by atoms with van der Waals surface area (Å²) >= 11 is 0. The minimum absolute atomic E-state index is 0.106. The molecule has 0 radical (unpaired) electrons. The monoisotopic (exact) mass is 447 g/mol. The average molecular weight is 448 g/mol. The molecule has 2 atom stereocenters. The van der Waals surface area contributed by atoms with E-state index in [1.165, 1.54) is 0 Å². The number of carbonyl (C=O) groups excluding carboxylic acids is 3. The second-order valence-electron chi connectivity index (χ2n) is 8.28. The number of benzene rings is 2. The first-order valence-corrected chi connectivity index (χ1v) is 10.9. The van der Waals surface area contributed by atoms with Crippen LogP contribution in [0, 0.1) is 19.8 Å². The summed E-state index contributed by atoms with van der Waals surface area (Å²) in [6, 6.07) is 13.4. The zero-order valence-corrected chi connectivity index (χ0v) is 19.2. The van der Waals surface area contributed by atoms with Gasteiger partial charge in [-0.05, 0) is 51.5 Å². The third-order valence-corrected chi connectivity index (χ3v) is 5.37. The Morgan fingerprint density at radius 3 is 2.03 bits per heavy atom. The van der Waals surface area contributed by atoms with E-state index < -0.39 is 12.0 Å². The van der Waals surface area contributed by atoms with Gasteiger partial charge in [-0.3, -0.25) is 9.59 Å². The Morgan fingerprint density at radius 2 is 1.45 bits per heavy atom. The van der Waals surface area contributed by atoms with Gasteiger partial charge in [-0.1, -0.05) is 59.2 Å². The summed E-state index contributed by atoms with van der Waals surface area (Å²) in [7, 11) is 0. The van der Waals surface area contributed by atoms with E-state index in [-0.39, 0.29) is 31.0 Å². The lowest BCUT2D eigenvalue weighted by atomic mass is 9.98. The van der Waals surface area contributed by atoms with Gasteiger partial charge in [-0.25, -0.2) is 4.79 Å². The molecule has 0 bridgehead atoms. The van der Waals surface area contributed by atoms with E-state index in [0.717, 1.165) is 16.7 Å². The normalized spacial score (nSPS) is 15.8. The first kappa shape index (κ1) is 24.0. The molecule has 0 aliphatic heterocycles. The maximum Gasteiger partial charge on any atom is 0.338 e. The van der Waals surface area contributed by atoms with Gasteiger partial charge in [0.25, 0.3) is 5.91 Å². The van der Waals surface area contributed by atoms with Crippen molar-refractivity contribution >= 4 is 17.8 Å². The van der Waals surface area contributed by atoms with Gasteiger partial charge in [0.2, 0.25) is 0 Å². The van der Waals surface area contributed by atoms with Crippen LogP contribution in [0.4, 0.5) is 0 Å². The zero-order valence-electron chi connectivity index (χ0n) is 19.2. The molecule has 1 N–H and O–H groups in total. The lowest BCUT2D eigenvalue weighted by Gasteiger charge is -2.21. The number of allylic oxidation sites excluding steroid dienone is 3. The molecule has 1 aliphatic rings. The van der Waals surface area contributed by atoms with Gasteiger partial charge in [-0.2, -0.15) is 0 Å². The van der Waals surface area contributed by atoms with Gasteiger partial charge in [-0.15, -0.1) is 0 Å². The predicted molar refractivity (Wildman–Crippen MR) is 126 cm³/mol. The second kappa shape index (κ2) is 11.3. The summed E-state index contributed by atoms with van der Waals surface area (Å²) in [5.41, 5.74) is 4.05. The van der Waals surface area contributed by atoms with Gasteiger partial charge in [0.1, 0.15) is 13.2 Å². The Labute approximate surface area is 194 Å². The van der Waals surface area contributed by atoms with Crippen LogP contribution in [-0.4, -0.2) is 37.1 Å². The zero-order chi connectivity index (χ0) is 23.8. The molecule has 1 aliphatic carbocycles. The molecule has 0 saturated heterocycles. The molecule has 2 aromatic rings. The number of carbonyl (C=O) groups is 3. The number of rotatable bonds is 8. The lowest BCUT2D eigenvalue weighted by Crippen LogP contribution is -2.43. The highest BCUT2D eigenvalue weighted by Crippen LogP contribution is 2.17. The highest BCUT2D eigenvalue weighted by molar-refractivity contribution is 5.94. The fraction of sp³-hybridized carbons (Fsp3) is 0.296. The van der Waals surface area contributed by atoms with Crippen LogP contribution in [0.25, 0.3) is 0 Å². The number of hydrogen-bond acceptors (Lipinski definition) is 5. The number of esters is 2. The Morgan fingerprint density at radius 1 is 0.879 bits per heavy atom. The molecule has 3 rings (SSSR count). The van der Waals surface area contributed by atoms with Crippen molar-refractivity contribution in [2.75, 3.05) is 13.2 Å². The Balaban J connectivity index is 1.62. The van der Waals surface area contributed by atoms with Crippen molar-refractivity contribution < 1.29 is 23.9 Å². The first-order chi connectivity index (χ1) is 15.8. The highest BCUT2D eigenvalue weighted by Gasteiger charge is 2.22. The molecule has 0 fully saturated rings. The summed E-state index contributed by atoms with van der Waals surface area (Å²) in [6.07, 6.45) is 6.25. The van der Waals surface area contributed by atoms with E-state index in [2.05, 4.69) is 5.32 Å². The highest BCUT2D eigenvalue weighted by atomic mass is 16.5. The van der Waals surface area contributed by atoms with Gasteiger partial charge < -0.3 is 14.8 Å². The van der Waals surface area contributed by atoms with Crippen LogP contribution in [0.3, 0.4) is 0 Å². The smallest absolute Gasteiger partial charge is 0.338 e. The molecular weight excluding hydrogens is 418 g/mol. The molecule has 1 amide bonds. The van der Waals surface area contributed by atoms with E-state index in [4.69, 9.17) is 9.47 Å². The van der Waals surface area contributed by atoms with E-state index in [1.807, 2.05) is 63.3 Å². The molecule has 2 aromatic carbocycles. The molecule has 6 nitrogen and oxygen atoms in total. The Kier molecular flexibility index (Phi) is 8.19. The SMILES string of the molecule is CC1=CCC(C(=O)OCC(COC(=O)c2ccc(C)cc2)NC(=O)c2ccc(C)cc2)C=C1. The summed E-state index contributed by atoms with van der Waals surface area (Å²) in [6.45, 7) is 5.60. The van der Waals surface area contributed by atoms with Gasteiger partial charge in [0, 0.05) is 5.56 Å². The lowest BCUT2D eigenvalue weighted by molar-refractivity contribution is -0.147. The van der Waals surface area contributed by atoms with Crippen LogP contribution in [-0.2, 0) is 14.3 Å². The molecule has 0 heterocycles. The molecule has 33 heavy (non-hydrogen) atoms. The quantitative estimate of drug-likeness (QED) is 0.610. The molecule has 0 aromatic heterocycles. The topological polar surface area (TPSA) is 81.7 Å². The standard InChI is InChI=1S/C27H29NO5/c1-18-4-10-21(11-5-18)25(29)28-24(16-32-26(30)22-12-6-19(2)7-13-22)17-33-27(31)23-14-8-20(3)9-15-23/h4-14,23-24H,15-17H2,1-3H3,(H,28,29). The van der Waals surface area contributed by atoms with Crippen molar-refractivity contribution in [2.24, 2.45) is 5.92 Å². The van der Waals surface area contributed by atoms with Crippen molar-refractivity contribution in [3.05, 3.63) is 94.6 Å². The maximum atomic E-state index is 12.7. The average Bonchev–Trinajstić information content (AvgIpc) is 2.81. The van der Waals surface area contributed by atoms with Crippen molar-refractivity contribution in [1.82, 2.24) is 5.32 Å². The summed E-state index contributed by atoms with van der Waals surface area (Å²) in [4.78, 5) is 37.6. The van der Waals surface area contributed by atoms with Crippen LogP contribution in [0.1, 0.15) is 45.2 Å². The van der Waals surface area contributed by atoms with Gasteiger partial charge in [0.15, 0.2) is 0 Å². The molecule has 6 heteroatoms. The van der Waals surface area contributed by atoms with Crippen LogP contribution in [0.15, 0.2) is 72.3 Å². The molecule has 2 unspecified atom stereocenters. The van der Waals surface area contributed by atoms with Gasteiger partial charge in [0.05, 0.1) is 17.5 Å². The number of hydrogen-bond donors (Lipinski definition) is 1. The third-order valence-electron chi connectivity index (χ3n) is 5.37. The summed E-state index contributed by atoms with van der Waals surface area (Å²) in [5, 5.41) is 2.81. The largest absolute Gasteiger partial charge is 0.463 e. The fourth-order valence-corrected chi connectivity index (χ4v) is 3.25. The van der Waals surface area contributed by atoms with Gasteiger partial charge >= 0.3 is 11.9 Å². The fourth-order valence-electron chi connectivity index (χ4n) is 3.25. The summed E-state index contributed by atoms with van der Waals surface area (Å²) < 4.78 is 10.9. The molecular formula is C27H29NO5. The number of aryl methyl sites for hydroxylation is 2. The van der Waals surface area contributed by atoms with E-state index in [1.54, 1.807) is 24.3 Å². The third kappa shape index (κ3) is 7.17. The van der Waals surface area contributed by atoms with E-state index >= 15 is 0 Å². The second-order valence-corrected chi connectivity index (χ2v) is 8.28. The van der Waals surface area contributed by atoms with Crippen molar-refractivity contribution in [1.29, 1.82) is 0 Å². The molecule has 0 spiro atoms. The van der Waals surface area contributed by atoms with Crippen molar-refractivity contribution in [2.45, 2.75) is 33.2 Å². The maximum absolute atomic E-state index is 12.7. The van der Waals surface area contributed by atoms with Crippen LogP contribution < -0.4 is 5.32 Å². The van der Waals surface area contributed by atoms with Crippen molar-refractivity contribution in [3.8, 4) is 0 Å².